The fourth-order valence-corrected chi connectivity index (χ4v) is 4.88. The zero-order valence-electron chi connectivity index (χ0n) is 21.8. The second kappa shape index (κ2) is 11.9. The van der Waals surface area contributed by atoms with Crippen molar-refractivity contribution in [3.8, 4) is 0 Å². The quantitative estimate of drug-likeness (QED) is 0.0782. The van der Waals surface area contributed by atoms with E-state index in [9.17, 15) is 24.4 Å². The van der Waals surface area contributed by atoms with Crippen molar-refractivity contribution >= 4 is 46.8 Å². The molecule has 0 atom stereocenters. The molecule has 3 amide bonds. The molecule has 0 saturated heterocycles. The number of nitrogens with zero attached hydrogens (tertiary/aromatic N) is 4. The Morgan fingerprint density at radius 1 is 0.878 bits per heavy atom. The monoisotopic (exact) mass is 548 g/mol. The highest BCUT2D eigenvalue weighted by molar-refractivity contribution is 6.59. The minimum absolute atomic E-state index is 0.0806. The molecule has 5 rings (SSSR count). The summed E-state index contributed by atoms with van der Waals surface area (Å²) in [6.07, 6.45) is 0. The van der Waals surface area contributed by atoms with Crippen molar-refractivity contribution in [2.45, 2.75) is 19.6 Å². The number of rotatable bonds is 10. The van der Waals surface area contributed by atoms with Gasteiger partial charge in [0.2, 0.25) is 5.91 Å². The van der Waals surface area contributed by atoms with E-state index in [2.05, 4.69) is 20.7 Å². The van der Waals surface area contributed by atoms with E-state index in [0.29, 0.717) is 39.8 Å². The molecule has 0 radical (unpaired) electrons. The van der Waals surface area contributed by atoms with E-state index in [-0.39, 0.29) is 19.6 Å². The van der Waals surface area contributed by atoms with Gasteiger partial charge in [-0.2, -0.15) is 0 Å². The molecule has 0 saturated carbocycles. The Balaban J connectivity index is 1.34. The second-order valence-corrected chi connectivity index (χ2v) is 9.49. The number of azide groups is 1. The molecule has 1 aliphatic rings. The predicted molar refractivity (Wildman–Crippen MR) is 154 cm³/mol. The van der Waals surface area contributed by atoms with E-state index in [4.69, 9.17) is 5.53 Å². The van der Waals surface area contributed by atoms with Crippen LogP contribution in [0.25, 0.3) is 21.2 Å². The molecule has 1 aliphatic heterocycles. The van der Waals surface area contributed by atoms with Gasteiger partial charge in [0.25, 0.3) is 11.8 Å². The molecule has 0 aliphatic carbocycles. The van der Waals surface area contributed by atoms with Crippen LogP contribution in [-0.2, 0) is 24.4 Å². The Kier molecular flexibility index (Phi) is 7.98. The van der Waals surface area contributed by atoms with Crippen LogP contribution in [-0.4, -0.2) is 46.3 Å². The lowest BCUT2D eigenvalue weighted by Crippen LogP contribution is -2.39. The van der Waals surface area contributed by atoms with E-state index < -0.39 is 24.8 Å². The number of amides is 3. The Morgan fingerprint density at radius 3 is 2.32 bits per heavy atom. The number of hydrogen-bond acceptors (Lipinski definition) is 7. The number of benzene rings is 4. The normalized spacial score (nSPS) is 12.2. The van der Waals surface area contributed by atoms with Gasteiger partial charge < -0.3 is 20.7 Å². The SMILES string of the molecule is [N-]=[N+]=NCC(=O)NCc1ccc(CN2C(=O)c3cccc4c(NCc5ccccc5B(O)O)ccc(c34)C2=O)cc1. The van der Waals surface area contributed by atoms with E-state index in [1.807, 2.05) is 12.1 Å². The lowest BCUT2D eigenvalue weighted by molar-refractivity contribution is -0.119. The highest BCUT2D eigenvalue weighted by Crippen LogP contribution is 2.35. The molecule has 0 spiro atoms. The van der Waals surface area contributed by atoms with Gasteiger partial charge in [-0.05, 0) is 45.9 Å². The van der Waals surface area contributed by atoms with Crippen LogP contribution >= 0.6 is 0 Å². The van der Waals surface area contributed by atoms with Gasteiger partial charge in [-0.3, -0.25) is 19.3 Å². The van der Waals surface area contributed by atoms with Crippen molar-refractivity contribution in [1.82, 2.24) is 10.2 Å². The van der Waals surface area contributed by atoms with Crippen LogP contribution in [0.3, 0.4) is 0 Å². The number of carbonyl (C=O) groups excluding carboxylic acids is 3. The number of imide groups is 1. The lowest BCUT2D eigenvalue weighted by atomic mass is 9.77. The van der Waals surface area contributed by atoms with Crippen LogP contribution in [0.5, 0.6) is 0 Å². The third-order valence-electron chi connectivity index (χ3n) is 6.93. The van der Waals surface area contributed by atoms with Crippen molar-refractivity contribution in [2.75, 3.05) is 11.9 Å². The second-order valence-electron chi connectivity index (χ2n) is 9.49. The van der Waals surface area contributed by atoms with Crippen LogP contribution in [0, 0.1) is 0 Å². The highest BCUT2D eigenvalue weighted by Gasteiger charge is 2.33. The van der Waals surface area contributed by atoms with Crippen molar-refractivity contribution in [3.05, 3.63) is 117 Å². The summed E-state index contributed by atoms with van der Waals surface area (Å²) in [5.74, 6) is -1.18. The summed E-state index contributed by atoms with van der Waals surface area (Å²) in [4.78, 5) is 42.4. The average Bonchev–Trinajstić information content (AvgIpc) is 2.99. The molecule has 0 unspecified atom stereocenters. The molecule has 12 heteroatoms. The molecule has 1 heterocycles. The van der Waals surface area contributed by atoms with Gasteiger partial charge in [-0.15, -0.1) is 0 Å². The van der Waals surface area contributed by atoms with E-state index in [1.54, 1.807) is 66.7 Å². The first-order chi connectivity index (χ1) is 19.9. The van der Waals surface area contributed by atoms with Gasteiger partial charge in [0.15, 0.2) is 0 Å². The van der Waals surface area contributed by atoms with Crippen molar-refractivity contribution < 1.29 is 24.4 Å². The molecule has 11 nitrogen and oxygen atoms in total. The summed E-state index contributed by atoms with van der Waals surface area (Å²) < 4.78 is 0. The Morgan fingerprint density at radius 2 is 1.59 bits per heavy atom. The molecule has 0 aromatic heterocycles. The minimum Gasteiger partial charge on any atom is -0.423 e. The molecule has 204 valence electrons. The van der Waals surface area contributed by atoms with E-state index in [1.165, 1.54) is 4.90 Å². The van der Waals surface area contributed by atoms with Crippen LogP contribution < -0.4 is 16.1 Å². The van der Waals surface area contributed by atoms with E-state index >= 15 is 0 Å². The van der Waals surface area contributed by atoms with Crippen molar-refractivity contribution in [3.63, 3.8) is 0 Å². The van der Waals surface area contributed by atoms with Gasteiger partial charge >= 0.3 is 7.12 Å². The summed E-state index contributed by atoms with van der Waals surface area (Å²) in [7, 11) is -1.60. The standard InChI is InChI=1S/C29H25BN6O5/c31-35-34-16-26(37)33-14-18-8-10-19(11-9-18)17-36-28(38)22-6-3-5-21-25(13-12-23(27(21)22)29(36)39)32-15-20-4-1-2-7-24(20)30(40)41/h1-13,32,40-41H,14-17H2,(H,33,37). The largest absolute Gasteiger partial charge is 0.488 e. The Hall–Kier alpha value is -5.16. The van der Waals surface area contributed by atoms with Gasteiger partial charge in [0, 0.05) is 45.6 Å². The Labute approximate surface area is 235 Å². The number of hydrogen-bond donors (Lipinski definition) is 4. The molecule has 4 N–H and O–H groups in total. The van der Waals surface area contributed by atoms with Crippen molar-refractivity contribution in [2.24, 2.45) is 5.11 Å². The summed E-state index contributed by atoms with van der Waals surface area (Å²) in [5.41, 5.74) is 12.5. The number of nitrogens with one attached hydrogen (secondary N) is 2. The first-order valence-corrected chi connectivity index (χ1v) is 12.8. The fraction of sp³-hybridized carbons (Fsp3) is 0.138. The van der Waals surface area contributed by atoms with Crippen LogP contribution in [0.4, 0.5) is 5.69 Å². The summed E-state index contributed by atoms with van der Waals surface area (Å²) >= 11 is 0. The Bertz CT molecular complexity index is 1680. The van der Waals surface area contributed by atoms with Gasteiger partial charge in [0.05, 0.1) is 6.54 Å². The molecule has 4 aromatic rings. The topological polar surface area (TPSA) is 168 Å². The van der Waals surface area contributed by atoms with Crippen LogP contribution in [0.2, 0.25) is 0 Å². The van der Waals surface area contributed by atoms with Gasteiger partial charge in [0.1, 0.15) is 6.54 Å². The zero-order chi connectivity index (χ0) is 28.9. The molecular formula is C29H25BN6O5. The first kappa shape index (κ1) is 27.4. The summed E-state index contributed by atoms with van der Waals surface area (Å²) in [6.45, 7) is 0.367. The maximum absolute atomic E-state index is 13.5. The minimum atomic E-state index is -1.60. The zero-order valence-corrected chi connectivity index (χ0v) is 21.8. The molecule has 0 bridgehead atoms. The maximum atomic E-state index is 13.5. The third kappa shape index (κ3) is 5.75. The summed E-state index contributed by atoms with van der Waals surface area (Å²) in [5, 5.41) is 29.8. The predicted octanol–water partition coefficient (Wildman–Crippen LogP) is 2.85. The smallest absolute Gasteiger partial charge is 0.423 e. The molecule has 0 fully saturated rings. The lowest BCUT2D eigenvalue weighted by Gasteiger charge is -2.28. The molecular weight excluding hydrogens is 523 g/mol. The van der Waals surface area contributed by atoms with Gasteiger partial charge in [-0.1, -0.05) is 65.8 Å². The maximum Gasteiger partial charge on any atom is 0.488 e. The highest BCUT2D eigenvalue weighted by atomic mass is 16.4. The fourth-order valence-electron chi connectivity index (χ4n) is 4.88. The first-order valence-electron chi connectivity index (χ1n) is 12.8. The van der Waals surface area contributed by atoms with E-state index in [0.717, 1.165) is 16.5 Å². The van der Waals surface area contributed by atoms with Crippen LogP contribution in [0.1, 0.15) is 37.4 Å². The molecule has 41 heavy (non-hydrogen) atoms. The third-order valence-corrected chi connectivity index (χ3v) is 6.93. The number of anilines is 1. The van der Waals surface area contributed by atoms with Crippen LogP contribution in [0.15, 0.2) is 84.0 Å². The molecule has 4 aromatic carbocycles. The average molecular weight is 548 g/mol. The van der Waals surface area contributed by atoms with Crippen molar-refractivity contribution in [1.29, 1.82) is 0 Å². The summed E-state index contributed by atoms with van der Waals surface area (Å²) in [6, 6.07) is 23.0. The number of carbonyl (C=O) groups is 3. The van der Waals surface area contributed by atoms with Gasteiger partial charge in [-0.25, -0.2) is 0 Å².